The van der Waals surface area contributed by atoms with Crippen LogP contribution in [-0.2, 0) is 15.8 Å². The molecule has 1 fully saturated rings. The molecular weight excluding hydrogens is 467 g/mol. The van der Waals surface area contributed by atoms with Gasteiger partial charge < -0.3 is 14.6 Å². The van der Waals surface area contributed by atoms with Crippen molar-refractivity contribution >= 4 is 51.9 Å². The molecular formula is C21H16F3NO5S2. The smallest absolute Gasteiger partial charge is 0.416 e. The zero-order chi connectivity index (χ0) is 23.5. The molecule has 0 spiro atoms. The van der Waals surface area contributed by atoms with Crippen LogP contribution in [0.3, 0.4) is 0 Å². The van der Waals surface area contributed by atoms with Crippen LogP contribution < -0.4 is 14.4 Å². The number of amides is 1. The van der Waals surface area contributed by atoms with E-state index in [1.54, 1.807) is 25.1 Å². The van der Waals surface area contributed by atoms with Crippen molar-refractivity contribution in [1.29, 1.82) is 0 Å². The number of ether oxygens (including phenoxy) is 2. The van der Waals surface area contributed by atoms with Gasteiger partial charge in [-0.15, -0.1) is 0 Å². The van der Waals surface area contributed by atoms with Gasteiger partial charge in [0.25, 0.3) is 5.91 Å². The first-order valence-corrected chi connectivity index (χ1v) is 10.4. The standard InChI is InChI=1S/C21H16F3NO5S2/c1-2-29-15-8-3-5-12(18(15)30-11-17(26)27)9-16-19(28)25(20(31)32-16)14-7-4-6-13(10-14)21(22,23)24/h3-10H,2,11H2,1H3,(H,26,27)/b16-9+. The summed E-state index contributed by atoms with van der Waals surface area (Å²) in [6.45, 7) is 1.41. The summed E-state index contributed by atoms with van der Waals surface area (Å²) in [6, 6.07) is 9.14. The van der Waals surface area contributed by atoms with Gasteiger partial charge >= 0.3 is 12.1 Å². The maximum absolute atomic E-state index is 13.1. The zero-order valence-corrected chi connectivity index (χ0v) is 18.1. The molecule has 0 bridgehead atoms. The number of hydrogen-bond acceptors (Lipinski definition) is 6. The molecule has 1 aliphatic rings. The summed E-state index contributed by atoms with van der Waals surface area (Å²) in [5, 5.41) is 8.94. The average Bonchev–Trinajstić information content (AvgIpc) is 3.00. The van der Waals surface area contributed by atoms with E-state index in [0.29, 0.717) is 12.2 Å². The monoisotopic (exact) mass is 483 g/mol. The van der Waals surface area contributed by atoms with Crippen molar-refractivity contribution < 1.29 is 37.3 Å². The van der Waals surface area contributed by atoms with Crippen molar-refractivity contribution in [1.82, 2.24) is 0 Å². The number of rotatable bonds is 7. The zero-order valence-electron chi connectivity index (χ0n) is 16.5. The number of alkyl halides is 3. The highest BCUT2D eigenvalue weighted by molar-refractivity contribution is 8.27. The molecule has 0 unspecified atom stereocenters. The van der Waals surface area contributed by atoms with E-state index in [4.69, 9.17) is 26.8 Å². The first-order chi connectivity index (χ1) is 15.1. The fraction of sp³-hybridized carbons (Fsp3) is 0.190. The Labute approximate surface area is 190 Å². The van der Waals surface area contributed by atoms with Gasteiger partial charge in [-0.05, 0) is 37.3 Å². The minimum absolute atomic E-state index is 0.00357. The van der Waals surface area contributed by atoms with Crippen molar-refractivity contribution in [2.24, 2.45) is 0 Å². The van der Waals surface area contributed by atoms with Crippen molar-refractivity contribution in [3.63, 3.8) is 0 Å². The number of benzene rings is 2. The summed E-state index contributed by atoms with van der Waals surface area (Å²) in [4.78, 5) is 25.1. The van der Waals surface area contributed by atoms with E-state index in [0.717, 1.165) is 28.8 Å². The SMILES string of the molecule is CCOc1cccc(/C=C2/SC(=S)N(c3cccc(C(F)(F)F)c3)C2=O)c1OCC(=O)O. The lowest BCUT2D eigenvalue weighted by atomic mass is 10.1. The molecule has 1 aliphatic heterocycles. The lowest BCUT2D eigenvalue weighted by Gasteiger charge is -2.16. The third-order valence-corrected chi connectivity index (χ3v) is 5.46. The summed E-state index contributed by atoms with van der Waals surface area (Å²) in [7, 11) is 0. The minimum atomic E-state index is -4.57. The number of nitrogens with zero attached hydrogens (tertiary/aromatic N) is 1. The number of halogens is 3. The van der Waals surface area contributed by atoms with Crippen LogP contribution in [-0.4, -0.2) is 34.5 Å². The Hall–Kier alpha value is -3.05. The summed E-state index contributed by atoms with van der Waals surface area (Å²) < 4.78 is 50.1. The van der Waals surface area contributed by atoms with Gasteiger partial charge in [-0.2, -0.15) is 13.2 Å². The number of carbonyl (C=O) groups is 2. The number of thioether (sulfide) groups is 1. The van der Waals surface area contributed by atoms with E-state index in [1.165, 1.54) is 18.2 Å². The Morgan fingerprint density at radius 1 is 1.22 bits per heavy atom. The third-order valence-electron chi connectivity index (χ3n) is 4.16. The molecule has 0 aliphatic carbocycles. The van der Waals surface area contributed by atoms with Crippen molar-refractivity contribution in [2.75, 3.05) is 18.1 Å². The number of carbonyl (C=O) groups excluding carboxylic acids is 1. The normalized spacial score (nSPS) is 15.4. The van der Waals surface area contributed by atoms with Gasteiger partial charge in [0.05, 0.1) is 22.8 Å². The lowest BCUT2D eigenvalue weighted by molar-refractivity contribution is -0.139. The minimum Gasteiger partial charge on any atom is -0.490 e. The summed E-state index contributed by atoms with van der Waals surface area (Å²) >= 11 is 6.14. The summed E-state index contributed by atoms with van der Waals surface area (Å²) in [6.07, 6.45) is -3.13. The Morgan fingerprint density at radius 3 is 2.59 bits per heavy atom. The number of para-hydroxylation sites is 1. The number of aliphatic carboxylic acids is 1. The van der Waals surface area contributed by atoms with Crippen LogP contribution in [0.1, 0.15) is 18.1 Å². The molecule has 11 heteroatoms. The Bertz CT molecular complexity index is 1100. The van der Waals surface area contributed by atoms with Crippen LogP contribution in [0.25, 0.3) is 6.08 Å². The number of carboxylic acid groups (broad SMARTS) is 1. The highest BCUT2D eigenvalue weighted by atomic mass is 32.2. The molecule has 1 N–H and O–H groups in total. The van der Waals surface area contributed by atoms with Crippen LogP contribution in [0, 0.1) is 0 Å². The topological polar surface area (TPSA) is 76.1 Å². The molecule has 0 atom stereocenters. The van der Waals surface area contributed by atoms with Crippen molar-refractivity contribution in [2.45, 2.75) is 13.1 Å². The molecule has 3 rings (SSSR count). The highest BCUT2D eigenvalue weighted by Crippen LogP contribution is 2.40. The Balaban J connectivity index is 1.98. The molecule has 1 saturated heterocycles. The van der Waals surface area contributed by atoms with Crippen LogP contribution in [0.4, 0.5) is 18.9 Å². The van der Waals surface area contributed by atoms with E-state index in [1.807, 2.05) is 0 Å². The van der Waals surface area contributed by atoms with Gasteiger partial charge in [-0.25, -0.2) is 4.79 Å². The Kier molecular flexibility index (Phi) is 7.09. The predicted molar refractivity (Wildman–Crippen MR) is 118 cm³/mol. The summed E-state index contributed by atoms with van der Waals surface area (Å²) in [5.74, 6) is -1.39. The molecule has 1 amide bonds. The maximum atomic E-state index is 13.1. The molecule has 0 saturated carbocycles. The van der Waals surface area contributed by atoms with E-state index >= 15 is 0 Å². The molecule has 2 aromatic carbocycles. The second-order valence-electron chi connectivity index (χ2n) is 6.36. The van der Waals surface area contributed by atoms with Crippen molar-refractivity contribution in [3.05, 3.63) is 58.5 Å². The maximum Gasteiger partial charge on any atom is 0.416 e. The molecule has 168 valence electrons. The fourth-order valence-electron chi connectivity index (χ4n) is 2.86. The second kappa shape index (κ2) is 9.61. The number of anilines is 1. The molecule has 0 aromatic heterocycles. The first-order valence-electron chi connectivity index (χ1n) is 9.17. The van der Waals surface area contributed by atoms with E-state index in [-0.39, 0.29) is 26.4 Å². The number of thiocarbonyl (C=S) groups is 1. The quantitative estimate of drug-likeness (QED) is 0.440. The second-order valence-corrected chi connectivity index (χ2v) is 8.03. The van der Waals surface area contributed by atoms with Gasteiger partial charge in [0, 0.05) is 5.56 Å². The van der Waals surface area contributed by atoms with Gasteiger partial charge in [0.1, 0.15) is 0 Å². The summed E-state index contributed by atoms with van der Waals surface area (Å²) in [5.41, 5.74) is -0.542. The van der Waals surface area contributed by atoms with Gasteiger partial charge in [0.2, 0.25) is 0 Å². The molecule has 32 heavy (non-hydrogen) atoms. The van der Waals surface area contributed by atoms with Gasteiger partial charge in [-0.3, -0.25) is 9.69 Å². The first kappa shape index (κ1) is 23.6. The van der Waals surface area contributed by atoms with Gasteiger partial charge in [0.15, 0.2) is 22.4 Å². The van der Waals surface area contributed by atoms with Crippen LogP contribution in [0.2, 0.25) is 0 Å². The largest absolute Gasteiger partial charge is 0.490 e. The average molecular weight is 483 g/mol. The van der Waals surface area contributed by atoms with Crippen LogP contribution >= 0.6 is 24.0 Å². The molecule has 2 aromatic rings. The third kappa shape index (κ3) is 5.22. The molecule has 0 radical (unpaired) electrons. The molecule has 6 nitrogen and oxygen atoms in total. The van der Waals surface area contributed by atoms with E-state index in [9.17, 15) is 22.8 Å². The van der Waals surface area contributed by atoms with Crippen LogP contribution in [0.15, 0.2) is 47.4 Å². The van der Waals surface area contributed by atoms with E-state index in [2.05, 4.69) is 0 Å². The fourth-order valence-corrected chi connectivity index (χ4v) is 4.15. The highest BCUT2D eigenvalue weighted by Gasteiger charge is 2.36. The van der Waals surface area contributed by atoms with Crippen LogP contribution in [0.5, 0.6) is 11.5 Å². The number of carboxylic acids is 1. The lowest BCUT2D eigenvalue weighted by Crippen LogP contribution is -2.27. The molecule has 1 heterocycles. The predicted octanol–water partition coefficient (Wildman–Crippen LogP) is 4.97. The van der Waals surface area contributed by atoms with E-state index < -0.39 is 30.2 Å². The number of hydrogen-bond donors (Lipinski definition) is 1. The Morgan fingerprint density at radius 2 is 1.94 bits per heavy atom. The van der Waals surface area contributed by atoms with Crippen molar-refractivity contribution in [3.8, 4) is 11.5 Å². The van der Waals surface area contributed by atoms with Gasteiger partial charge in [-0.1, -0.05) is 42.2 Å².